The second-order valence-corrected chi connectivity index (χ2v) is 8.20. The van der Waals surface area contributed by atoms with Crippen molar-refractivity contribution in [1.29, 1.82) is 0 Å². The first-order chi connectivity index (χ1) is 13.6. The number of hydrogen-bond donors (Lipinski definition) is 1. The summed E-state index contributed by atoms with van der Waals surface area (Å²) < 4.78 is 7.16. The van der Waals surface area contributed by atoms with Crippen LogP contribution in [-0.2, 0) is 0 Å². The molecule has 5 rings (SSSR count). The molecule has 0 saturated carbocycles. The van der Waals surface area contributed by atoms with Gasteiger partial charge in [0.2, 0.25) is 5.16 Å². The highest BCUT2D eigenvalue weighted by molar-refractivity contribution is 7.99. The lowest BCUT2D eigenvalue weighted by atomic mass is 10.0. The second-order valence-electron chi connectivity index (χ2n) is 6.72. The average Bonchev–Trinajstić information content (AvgIpc) is 3.28. The Morgan fingerprint density at radius 2 is 1.86 bits per heavy atom. The van der Waals surface area contributed by atoms with Gasteiger partial charge in [-0.25, -0.2) is 4.68 Å². The smallest absolute Gasteiger partial charge is 0.212 e. The topological polar surface area (TPSA) is 52.0 Å². The lowest BCUT2D eigenvalue weighted by Crippen LogP contribution is -2.14. The van der Waals surface area contributed by atoms with E-state index in [2.05, 4.69) is 46.8 Å². The molecule has 1 aliphatic heterocycles. The van der Waals surface area contributed by atoms with Crippen LogP contribution in [0.4, 0.5) is 0 Å². The van der Waals surface area contributed by atoms with Crippen molar-refractivity contribution in [1.82, 2.24) is 14.9 Å². The molecule has 3 aromatic carbocycles. The summed E-state index contributed by atoms with van der Waals surface area (Å²) in [5.74, 6) is 1.57. The number of ether oxygens (including phenoxy) is 1. The second kappa shape index (κ2) is 6.72. The fraction of sp³-hybridized carbons (Fsp3) is 0.143. The van der Waals surface area contributed by atoms with E-state index in [1.54, 1.807) is 18.9 Å². The van der Waals surface area contributed by atoms with Gasteiger partial charge in [0.15, 0.2) is 5.82 Å². The fourth-order valence-corrected chi connectivity index (χ4v) is 4.75. The monoisotopic (exact) mass is 408 g/mol. The number of nitrogens with zero attached hydrogens (tertiary/aromatic N) is 3. The number of methoxy groups -OCH3 is 1. The number of hydrogen-bond acceptors (Lipinski definition) is 5. The summed E-state index contributed by atoms with van der Waals surface area (Å²) in [5.41, 5.74) is 6.72. The number of thioether (sulfide) groups is 1. The Hall–Kier alpha value is -2.70. The zero-order valence-corrected chi connectivity index (χ0v) is 16.9. The van der Waals surface area contributed by atoms with E-state index in [-0.39, 0.29) is 5.37 Å². The van der Waals surface area contributed by atoms with Crippen LogP contribution >= 0.6 is 23.4 Å². The lowest BCUT2D eigenvalue weighted by Gasteiger charge is -2.15. The van der Waals surface area contributed by atoms with Crippen LogP contribution in [0.5, 0.6) is 5.75 Å². The summed E-state index contributed by atoms with van der Waals surface area (Å²) in [6.07, 6.45) is 0. The number of aromatic nitrogens is 3. The number of nitrogens with one attached hydrogen (secondary N) is 1. The van der Waals surface area contributed by atoms with Crippen LogP contribution in [-0.4, -0.2) is 22.0 Å². The van der Waals surface area contributed by atoms with Crippen LogP contribution in [0, 0.1) is 6.92 Å². The van der Waals surface area contributed by atoms with Crippen molar-refractivity contribution < 1.29 is 4.74 Å². The van der Waals surface area contributed by atoms with Crippen molar-refractivity contribution in [2.24, 2.45) is 0 Å². The van der Waals surface area contributed by atoms with Crippen LogP contribution in [0.15, 0.2) is 59.8 Å². The standard InChI is InChI=1S/C21H17ClN4OS/c1-12-3-4-14-11-18(22)17(10-15(14)9-12)20-25-26-19(23-24-21(26)28-20)13-5-7-16(27-2)8-6-13/h3-11,20,25H,1-2H3. The van der Waals surface area contributed by atoms with Gasteiger partial charge in [-0.3, -0.25) is 0 Å². The largest absolute Gasteiger partial charge is 0.497 e. The Kier molecular flexibility index (Phi) is 4.18. The van der Waals surface area contributed by atoms with Crippen molar-refractivity contribution >= 4 is 34.1 Å². The lowest BCUT2D eigenvalue weighted by molar-refractivity contribution is 0.415. The van der Waals surface area contributed by atoms with Gasteiger partial charge in [0.05, 0.1) is 7.11 Å². The van der Waals surface area contributed by atoms with Gasteiger partial charge in [-0.15, -0.1) is 10.2 Å². The van der Waals surface area contributed by atoms with Gasteiger partial charge >= 0.3 is 0 Å². The molecular weight excluding hydrogens is 392 g/mol. The zero-order valence-electron chi connectivity index (χ0n) is 15.3. The molecule has 0 fully saturated rings. The first kappa shape index (κ1) is 17.4. The summed E-state index contributed by atoms with van der Waals surface area (Å²) in [6, 6.07) is 18.3. The van der Waals surface area contributed by atoms with E-state index < -0.39 is 0 Å². The quantitative estimate of drug-likeness (QED) is 0.490. The third-order valence-corrected chi connectivity index (χ3v) is 6.24. The van der Waals surface area contributed by atoms with Crippen LogP contribution < -0.4 is 10.2 Å². The Labute approximate surface area is 171 Å². The van der Waals surface area contributed by atoms with E-state index >= 15 is 0 Å². The van der Waals surface area contributed by atoms with Gasteiger partial charge in [0, 0.05) is 16.1 Å². The highest BCUT2D eigenvalue weighted by Gasteiger charge is 2.29. The molecule has 7 heteroatoms. The SMILES string of the molecule is COc1ccc(-c2nnc3n2NC(c2cc4cc(C)ccc4cc2Cl)S3)cc1. The molecule has 0 saturated heterocycles. The molecular formula is C21H17ClN4OS. The third-order valence-electron chi connectivity index (χ3n) is 4.84. The summed E-state index contributed by atoms with van der Waals surface area (Å²) in [4.78, 5) is 0. The first-order valence-electron chi connectivity index (χ1n) is 8.85. The van der Waals surface area contributed by atoms with Gasteiger partial charge in [-0.2, -0.15) is 0 Å². The Morgan fingerprint density at radius 1 is 1.04 bits per heavy atom. The van der Waals surface area contributed by atoms with E-state index in [1.165, 1.54) is 10.9 Å². The molecule has 2 heterocycles. The van der Waals surface area contributed by atoms with E-state index in [4.69, 9.17) is 16.3 Å². The summed E-state index contributed by atoms with van der Waals surface area (Å²) in [6.45, 7) is 2.10. The fourth-order valence-electron chi connectivity index (χ4n) is 3.38. The molecule has 4 aromatic rings. The molecule has 0 amide bonds. The Morgan fingerprint density at radius 3 is 2.64 bits per heavy atom. The minimum atomic E-state index is -0.0279. The maximum absolute atomic E-state index is 6.61. The third kappa shape index (κ3) is 2.89. The molecule has 1 aromatic heterocycles. The number of aryl methyl sites for hydroxylation is 1. The molecule has 1 unspecified atom stereocenters. The summed E-state index contributed by atoms with van der Waals surface area (Å²) in [7, 11) is 1.65. The van der Waals surface area contributed by atoms with Crippen molar-refractivity contribution in [3.8, 4) is 17.1 Å². The Balaban J connectivity index is 1.49. The van der Waals surface area contributed by atoms with Crippen molar-refractivity contribution in [2.75, 3.05) is 12.5 Å². The highest BCUT2D eigenvalue weighted by Crippen LogP contribution is 2.43. The molecule has 28 heavy (non-hydrogen) atoms. The van der Waals surface area contributed by atoms with Crippen LogP contribution in [0.3, 0.4) is 0 Å². The van der Waals surface area contributed by atoms with E-state index in [0.29, 0.717) is 0 Å². The molecule has 1 N–H and O–H groups in total. The van der Waals surface area contributed by atoms with Crippen LogP contribution in [0.25, 0.3) is 22.2 Å². The van der Waals surface area contributed by atoms with E-state index in [0.717, 1.165) is 38.3 Å². The number of benzene rings is 3. The summed E-state index contributed by atoms with van der Waals surface area (Å²) >= 11 is 8.22. The van der Waals surface area contributed by atoms with Gasteiger partial charge in [-0.1, -0.05) is 47.1 Å². The van der Waals surface area contributed by atoms with Crippen molar-refractivity contribution in [3.05, 3.63) is 70.7 Å². The normalized spacial score (nSPS) is 15.5. The predicted octanol–water partition coefficient (Wildman–Crippen LogP) is 5.42. The number of halogens is 1. The highest BCUT2D eigenvalue weighted by atomic mass is 35.5. The molecule has 1 aliphatic rings. The Bertz CT molecular complexity index is 1190. The number of fused-ring (bicyclic) bond motifs is 2. The average molecular weight is 409 g/mol. The maximum Gasteiger partial charge on any atom is 0.212 e. The van der Waals surface area contributed by atoms with Crippen LogP contribution in [0.2, 0.25) is 5.02 Å². The first-order valence-corrected chi connectivity index (χ1v) is 10.1. The molecule has 1 atom stereocenters. The van der Waals surface area contributed by atoms with Crippen molar-refractivity contribution in [2.45, 2.75) is 17.5 Å². The van der Waals surface area contributed by atoms with Crippen LogP contribution in [0.1, 0.15) is 16.5 Å². The minimum Gasteiger partial charge on any atom is -0.497 e. The molecule has 0 bridgehead atoms. The van der Waals surface area contributed by atoms with Gasteiger partial charge in [0.1, 0.15) is 11.1 Å². The van der Waals surface area contributed by atoms with Gasteiger partial charge < -0.3 is 10.2 Å². The van der Waals surface area contributed by atoms with Gasteiger partial charge in [0.25, 0.3) is 0 Å². The van der Waals surface area contributed by atoms with Crippen molar-refractivity contribution in [3.63, 3.8) is 0 Å². The van der Waals surface area contributed by atoms with Gasteiger partial charge in [-0.05, 0) is 54.1 Å². The molecule has 140 valence electrons. The molecule has 5 nitrogen and oxygen atoms in total. The zero-order chi connectivity index (χ0) is 19.3. The van der Waals surface area contributed by atoms with E-state index in [1.807, 2.05) is 35.0 Å². The van der Waals surface area contributed by atoms with E-state index in [9.17, 15) is 0 Å². The molecule has 0 aliphatic carbocycles. The summed E-state index contributed by atoms with van der Waals surface area (Å²) in [5, 5.41) is 12.5. The molecule has 0 radical (unpaired) electrons. The number of rotatable bonds is 3. The predicted molar refractivity (Wildman–Crippen MR) is 114 cm³/mol. The maximum atomic E-state index is 6.61. The minimum absolute atomic E-state index is 0.0279. The molecule has 0 spiro atoms.